The summed E-state index contributed by atoms with van der Waals surface area (Å²) >= 11 is 0. The quantitative estimate of drug-likeness (QED) is 0.656. The number of hydrogen-bond donors (Lipinski definition) is 2. The van der Waals surface area contributed by atoms with E-state index in [2.05, 4.69) is 25.5 Å². The minimum absolute atomic E-state index is 0.00840. The van der Waals surface area contributed by atoms with Crippen LogP contribution in [0.1, 0.15) is 48.9 Å². The van der Waals surface area contributed by atoms with Crippen LogP contribution >= 0.6 is 0 Å². The molecular weight excluding hydrogens is 381 g/mol. The van der Waals surface area contributed by atoms with E-state index in [9.17, 15) is 8.78 Å². The second kappa shape index (κ2) is 7.06. The van der Waals surface area contributed by atoms with Gasteiger partial charge in [-0.3, -0.25) is 5.10 Å². The molecule has 1 saturated carbocycles. The smallest absolute Gasteiger partial charge is 0.208 e. The monoisotopic (exact) mass is 400 g/mol. The Bertz CT molecular complexity index is 1050. The number of hydrogen-bond acceptors (Lipinski definition) is 5. The zero-order valence-corrected chi connectivity index (χ0v) is 15.5. The summed E-state index contributed by atoms with van der Waals surface area (Å²) in [6.07, 6.45) is 4.90. The van der Waals surface area contributed by atoms with Gasteiger partial charge in [-0.05, 0) is 31.7 Å². The van der Waals surface area contributed by atoms with Gasteiger partial charge in [-0.1, -0.05) is 6.07 Å². The Morgan fingerprint density at radius 2 is 1.93 bits per heavy atom. The van der Waals surface area contributed by atoms with Gasteiger partial charge in [0.1, 0.15) is 18.0 Å². The van der Waals surface area contributed by atoms with Gasteiger partial charge in [0, 0.05) is 35.9 Å². The first kappa shape index (κ1) is 18.0. The van der Waals surface area contributed by atoms with E-state index in [1.165, 1.54) is 18.5 Å². The molecule has 2 N–H and O–H groups in total. The number of anilines is 3. The fraction of sp³-hybridized carbons (Fsp3) is 0.350. The van der Waals surface area contributed by atoms with E-state index in [1.54, 1.807) is 4.90 Å². The number of aromatic nitrogens is 4. The third-order valence-corrected chi connectivity index (χ3v) is 5.48. The van der Waals surface area contributed by atoms with Crippen LogP contribution in [0.25, 0.3) is 0 Å². The SMILES string of the molecule is Fc1ccc(C2CCCN2c2ncnc(Nc3cc(C4CC4)[nH]n3)c2F)c(F)c1. The van der Waals surface area contributed by atoms with Crippen molar-refractivity contribution in [2.75, 3.05) is 16.8 Å². The van der Waals surface area contributed by atoms with Crippen LogP contribution in [0, 0.1) is 17.5 Å². The molecule has 0 bridgehead atoms. The van der Waals surface area contributed by atoms with Gasteiger partial charge in [-0.15, -0.1) is 0 Å². The van der Waals surface area contributed by atoms with Crippen LogP contribution in [0.15, 0.2) is 30.6 Å². The Labute approximate surface area is 165 Å². The molecule has 5 rings (SSSR count). The molecule has 2 aliphatic rings. The lowest BCUT2D eigenvalue weighted by atomic mass is 10.0. The van der Waals surface area contributed by atoms with E-state index in [-0.39, 0.29) is 11.6 Å². The number of H-pyrrole nitrogens is 1. The Balaban J connectivity index is 1.43. The summed E-state index contributed by atoms with van der Waals surface area (Å²) in [5, 5.41) is 10.0. The molecule has 1 unspecified atom stereocenters. The molecule has 0 radical (unpaired) electrons. The molecule has 2 fully saturated rings. The third-order valence-electron chi connectivity index (χ3n) is 5.48. The van der Waals surface area contributed by atoms with Crippen molar-refractivity contribution in [2.24, 2.45) is 0 Å². The topological polar surface area (TPSA) is 69.7 Å². The molecule has 1 saturated heterocycles. The van der Waals surface area contributed by atoms with Gasteiger partial charge in [-0.2, -0.15) is 9.49 Å². The number of halogens is 3. The first-order valence-corrected chi connectivity index (χ1v) is 9.64. The molecule has 2 aromatic heterocycles. The highest BCUT2D eigenvalue weighted by atomic mass is 19.1. The van der Waals surface area contributed by atoms with Crippen molar-refractivity contribution in [2.45, 2.75) is 37.6 Å². The molecule has 3 heterocycles. The van der Waals surface area contributed by atoms with Crippen LogP contribution < -0.4 is 10.2 Å². The van der Waals surface area contributed by atoms with Crippen molar-refractivity contribution in [1.82, 2.24) is 20.2 Å². The van der Waals surface area contributed by atoms with Crippen LogP contribution in [0.2, 0.25) is 0 Å². The summed E-state index contributed by atoms with van der Waals surface area (Å²) in [5.74, 6) is -0.824. The molecule has 1 aromatic carbocycles. The van der Waals surface area contributed by atoms with Crippen molar-refractivity contribution in [3.05, 3.63) is 59.3 Å². The molecule has 9 heteroatoms. The van der Waals surface area contributed by atoms with Crippen LogP contribution in [0.3, 0.4) is 0 Å². The molecule has 0 spiro atoms. The zero-order valence-electron chi connectivity index (χ0n) is 15.5. The molecule has 150 valence electrons. The number of nitrogens with one attached hydrogen (secondary N) is 2. The predicted octanol–water partition coefficient (Wildman–Crippen LogP) is 4.58. The lowest BCUT2D eigenvalue weighted by molar-refractivity contribution is 0.548. The predicted molar refractivity (Wildman–Crippen MR) is 102 cm³/mol. The highest BCUT2D eigenvalue weighted by Gasteiger charge is 2.32. The van der Waals surface area contributed by atoms with E-state index >= 15 is 4.39 Å². The lowest BCUT2D eigenvalue weighted by Crippen LogP contribution is -2.26. The highest BCUT2D eigenvalue weighted by molar-refractivity contribution is 5.59. The maximum absolute atomic E-state index is 15.2. The molecule has 6 nitrogen and oxygen atoms in total. The molecule has 1 aliphatic heterocycles. The number of nitrogens with zero attached hydrogens (tertiary/aromatic N) is 4. The Kier molecular flexibility index (Phi) is 4.37. The van der Waals surface area contributed by atoms with E-state index in [0.717, 1.165) is 31.0 Å². The van der Waals surface area contributed by atoms with Crippen molar-refractivity contribution < 1.29 is 13.2 Å². The number of benzene rings is 1. The Morgan fingerprint density at radius 3 is 2.72 bits per heavy atom. The highest BCUT2D eigenvalue weighted by Crippen LogP contribution is 2.40. The second-order valence-corrected chi connectivity index (χ2v) is 7.48. The summed E-state index contributed by atoms with van der Waals surface area (Å²) in [5.41, 5.74) is 1.35. The van der Waals surface area contributed by atoms with Crippen molar-refractivity contribution in [3.63, 3.8) is 0 Å². The molecule has 3 aromatic rings. The lowest BCUT2D eigenvalue weighted by Gasteiger charge is -2.27. The van der Waals surface area contributed by atoms with Crippen molar-refractivity contribution >= 4 is 17.5 Å². The zero-order chi connectivity index (χ0) is 20.0. The van der Waals surface area contributed by atoms with Gasteiger partial charge in [0.25, 0.3) is 0 Å². The fourth-order valence-corrected chi connectivity index (χ4v) is 3.89. The standard InChI is InChI=1S/C20H19F3N6/c21-12-5-6-13(14(22)8-12)16-2-1-7-29(16)20-18(23)19(24-10-25-20)26-17-9-15(27-28-17)11-3-4-11/h5-6,8-11,16H,1-4,7H2,(H2,24,25,26,27,28). The van der Waals surface area contributed by atoms with Crippen LogP contribution in [-0.4, -0.2) is 26.7 Å². The van der Waals surface area contributed by atoms with E-state index in [1.807, 2.05) is 6.07 Å². The molecule has 1 aliphatic carbocycles. The molecular formula is C20H19F3N6. The average Bonchev–Trinajstić information content (AvgIpc) is 3.25. The van der Waals surface area contributed by atoms with Crippen molar-refractivity contribution in [3.8, 4) is 0 Å². The van der Waals surface area contributed by atoms with Gasteiger partial charge >= 0.3 is 0 Å². The van der Waals surface area contributed by atoms with Gasteiger partial charge in [-0.25, -0.2) is 18.7 Å². The minimum atomic E-state index is -0.640. The molecule has 0 amide bonds. The molecule has 1 atom stereocenters. The summed E-state index contributed by atoms with van der Waals surface area (Å²) in [6.45, 7) is 0.517. The third kappa shape index (κ3) is 3.41. The fourth-order valence-electron chi connectivity index (χ4n) is 3.89. The largest absolute Gasteiger partial charge is 0.347 e. The second-order valence-electron chi connectivity index (χ2n) is 7.48. The summed E-state index contributed by atoms with van der Waals surface area (Å²) in [7, 11) is 0. The van der Waals surface area contributed by atoms with Gasteiger partial charge < -0.3 is 10.2 Å². The van der Waals surface area contributed by atoms with Gasteiger partial charge in [0.2, 0.25) is 5.82 Å². The maximum atomic E-state index is 15.2. The van der Waals surface area contributed by atoms with Crippen molar-refractivity contribution in [1.29, 1.82) is 0 Å². The first-order chi connectivity index (χ1) is 14.1. The Hall–Kier alpha value is -3.10. The number of aromatic amines is 1. The van der Waals surface area contributed by atoms with Crippen LogP contribution in [0.4, 0.5) is 30.6 Å². The van der Waals surface area contributed by atoms with Crippen LogP contribution in [0.5, 0.6) is 0 Å². The minimum Gasteiger partial charge on any atom is -0.347 e. The maximum Gasteiger partial charge on any atom is 0.208 e. The van der Waals surface area contributed by atoms with Gasteiger partial charge in [0.05, 0.1) is 6.04 Å². The van der Waals surface area contributed by atoms with E-state index < -0.39 is 23.5 Å². The summed E-state index contributed by atoms with van der Waals surface area (Å²) in [6, 6.07) is 4.91. The summed E-state index contributed by atoms with van der Waals surface area (Å²) in [4.78, 5) is 9.81. The molecule has 29 heavy (non-hydrogen) atoms. The Morgan fingerprint density at radius 1 is 1.07 bits per heavy atom. The van der Waals surface area contributed by atoms with E-state index in [4.69, 9.17) is 0 Å². The first-order valence-electron chi connectivity index (χ1n) is 9.64. The van der Waals surface area contributed by atoms with Crippen LogP contribution in [-0.2, 0) is 0 Å². The normalized spacial score (nSPS) is 19.0. The number of rotatable bonds is 5. The van der Waals surface area contributed by atoms with E-state index in [0.29, 0.717) is 30.3 Å². The summed E-state index contributed by atoms with van der Waals surface area (Å²) < 4.78 is 42.8. The average molecular weight is 400 g/mol. The van der Waals surface area contributed by atoms with Gasteiger partial charge in [0.15, 0.2) is 17.5 Å².